The standard InChI is InChI=1S/C16H18N2S2/c1-2-19-16-11-12(17)10-15-14(16)6-8-18(15)7-5-13-4-3-9-20-13/h3-4,6,8-11H,2,5,7,17H2,1H3. The zero-order valence-electron chi connectivity index (χ0n) is 11.5. The largest absolute Gasteiger partial charge is 0.399 e. The van der Waals surface area contributed by atoms with Crippen molar-refractivity contribution < 1.29 is 0 Å². The number of nitrogens with zero attached hydrogens (tertiary/aromatic N) is 1. The average molecular weight is 302 g/mol. The molecule has 2 N–H and O–H groups in total. The van der Waals surface area contributed by atoms with Crippen LogP contribution in [0, 0.1) is 0 Å². The SMILES string of the molecule is CCSc1cc(N)cc2c1ccn2CCc1cccs1. The Labute approximate surface area is 127 Å². The average Bonchev–Trinajstić information content (AvgIpc) is 3.05. The predicted octanol–water partition coefficient (Wildman–Crippen LogP) is 4.64. The maximum atomic E-state index is 6.05. The van der Waals surface area contributed by atoms with E-state index in [9.17, 15) is 0 Å². The Kier molecular flexibility index (Phi) is 4.03. The van der Waals surface area contributed by atoms with Gasteiger partial charge in [0, 0.05) is 33.6 Å². The lowest BCUT2D eigenvalue weighted by atomic mass is 10.2. The second-order valence-electron chi connectivity index (χ2n) is 4.72. The van der Waals surface area contributed by atoms with Gasteiger partial charge in [0.05, 0.1) is 5.52 Å². The molecule has 104 valence electrons. The van der Waals surface area contributed by atoms with Gasteiger partial charge in [-0.1, -0.05) is 13.0 Å². The van der Waals surface area contributed by atoms with E-state index in [0.29, 0.717) is 0 Å². The third-order valence-corrected chi connectivity index (χ3v) is 5.23. The highest BCUT2D eigenvalue weighted by atomic mass is 32.2. The van der Waals surface area contributed by atoms with Crippen LogP contribution >= 0.6 is 23.1 Å². The lowest BCUT2D eigenvalue weighted by Gasteiger charge is -2.08. The Morgan fingerprint density at radius 1 is 1.30 bits per heavy atom. The van der Waals surface area contributed by atoms with Crippen LogP contribution in [0.2, 0.25) is 0 Å². The molecule has 4 heteroatoms. The molecular weight excluding hydrogens is 284 g/mol. The van der Waals surface area contributed by atoms with E-state index < -0.39 is 0 Å². The molecule has 2 aromatic heterocycles. The monoisotopic (exact) mass is 302 g/mol. The summed E-state index contributed by atoms with van der Waals surface area (Å²) in [5.74, 6) is 1.07. The number of fused-ring (bicyclic) bond motifs is 1. The van der Waals surface area contributed by atoms with Crippen molar-refractivity contribution in [2.24, 2.45) is 0 Å². The fourth-order valence-electron chi connectivity index (χ4n) is 2.44. The van der Waals surface area contributed by atoms with Gasteiger partial charge in [-0.3, -0.25) is 0 Å². The summed E-state index contributed by atoms with van der Waals surface area (Å²) in [6.45, 7) is 3.18. The lowest BCUT2D eigenvalue weighted by molar-refractivity contribution is 0.730. The van der Waals surface area contributed by atoms with Gasteiger partial charge in [0.2, 0.25) is 0 Å². The molecule has 0 saturated heterocycles. The van der Waals surface area contributed by atoms with E-state index >= 15 is 0 Å². The van der Waals surface area contributed by atoms with Crippen molar-refractivity contribution in [1.82, 2.24) is 4.57 Å². The molecule has 20 heavy (non-hydrogen) atoms. The van der Waals surface area contributed by atoms with Crippen LogP contribution in [-0.2, 0) is 13.0 Å². The molecule has 0 atom stereocenters. The van der Waals surface area contributed by atoms with Gasteiger partial charge in [0.1, 0.15) is 0 Å². The molecule has 2 heterocycles. The quantitative estimate of drug-likeness (QED) is 0.550. The summed E-state index contributed by atoms with van der Waals surface area (Å²) in [6, 6.07) is 10.7. The number of thiophene rings is 1. The van der Waals surface area contributed by atoms with Crippen LogP contribution < -0.4 is 5.73 Å². The molecule has 0 spiro atoms. The van der Waals surface area contributed by atoms with Gasteiger partial charge in [-0.05, 0) is 41.8 Å². The molecule has 0 fully saturated rings. The number of hydrogen-bond donors (Lipinski definition) is 1. The van der Waals surface area contributed by atoms with E-state index in [2.05, 4.69) is 53.4 Å². The smallest absolute Gasteiger partial charge is 0.0512 e. The summed E-state index contributed by atoms with van der Waals surface area (Å²) >= 11 is 3.68. The van der Waals surface area contributed by atoms with E-state index in [0.717, 1.165) is 24.4 Å². The van der Waals surface area contributed by atoms with Gasteiger partial charge >= 0.3 is 0 Å². The Hall–Kier alpha value is -1.39. The van der Waals surface area contributed by atoms with Crippen LogP contribution in [-0.4, -0.2) is 10.3 Å². The zero-order chi connectivity index (χ0) is 13.9. The van der Waals surface area contributed by atoms with Crippen molar-refractivity contribution >= 4 is 39.7 Å². The molecule has 0 bridgehead atoms. The van der Waals surface area contributed by atoms with Crippen LogP contribution in [0.1, 0.15) is 11.8 Å². The first-order valence-corrected chi connectivity index (χ1v) is 8.68. The summed E-state index contributed by atoms with van der Waals surface area (Å²) in [7, 11) is 0. The van der Waals surface area contributed by atoms with Crippen molar-refractivity contribution in [2.75, 3.05) is 11.5 Å². The highest BCUT2D eigenvalue weighted by Gasteiger charge is 2.08. The summed E-state index contributed by atoms with van der Waals surface area (Å²) in [4.78, 5) is 2.72. The first-order valence-electron chi connectivity index (χ1n) is 6.81. The number of hydrogen-bond acceptors (Lipinski definition) is 3. The predicted molar refractivity (Wildman–Crippen MR) is 90.8 cm³/mol. The molecule has 1 aromatic carbocycles. The van der Waals surface area contributed by atoms with Crippen molar-refractivity contribution in [2.45, 2.75) is 24.8 Å². The second-order valence-corrected chi connectivity index (χ2v) is 7.06. The summed E-state index contributed by atoms with van der Waals surface area (Å²) in [6.07, 6.45) is 3.25. The molecule has 0 saturated carbocycles. The van der Waals surface area contributed by atoms with E-state index in [1.165, 1.54) is 20.7 Å². The van der Waals surface area contributed by atoms with Crippen LogP contribution in [0.3, 0.4) is 0 Å². The fraction of sp³-hybridized carbons (Fsp3) is 0.250. The molecular formula is C16H18N2S2. The second kappa shape index (κ2) is 5.94. The van der Waals surface area contributed by atoms with Crippen LogP contribution in [0.15, 0.2) is 46.8 Å². The maximum absolute atomic E-state index is 6.05. The zero-order valence-corrected chi connectivity index (χ0v) is 13.1. The Balaban J connectivity index is 1.91. The van der Waals surface area contributed by atoms with E-state index in [4.69, 9.17) is 5.73 Å². The van der Waals surface area contributed by atoms with Crippen molar-refractivity contribution in [1.29, 1.82) is 0 Å². The number of benzene rings is 1. The summed E-state index contributed by atoms with van der Waals surface area (Å²) in [5.41, 5.74) is 8.15. The molecule has 0 amide bonds. The Bertz CT molecular complexity index is 699. The molecule has 0 unspecified atom stereocenters. The number of rotatable bonds is 5. The van der Waals surface area contributed by atoms with Crippen molar-refractivity contribution in [3.63, 3.8) is 0 Å². The van der Waals surface area contributed by atoms with Gasteiger partial charge < -0.3 is 10.3 Å². The number of nitrogens with two attached hydrogens (primary N) is 1. The van der Waals surface area contributed by atoms with Gasteiger partial charge in [-0.2, -0.15) is 0 Å². The van der Waals surface area contributed by atoms with E-state index in [1.54, 1.807) is 0 Å². The normalized spacial score (nSPS) is 11.2. The van der Waals surface area contributed by atoms with Crippen LogP contribution in [0.4, 0.5) is 5.69 Å². The third kappa shape index (κ3) is 2.72. The third-order valence-electron chi connectivity index (χ3n) is 3.35. The maximum Gasteiger partial charge on any atom is 0.0512 e. The number of anilines is 1. The molecule has 3 aromatic rings. The summed E-state index contributed by atoms with van der Waals surface area (Å²) in [5, 5.41) is 3.45. The lowest BCUT2D eigenvalue weighted by Crippen LogP contribution is -1.99. The number of aromatic nitrogens is 1. The van der Waals surface area contributed by atoms with Crippen LogP contribution in [0.5, 0.6) is 0 Å². The van der Waals surface area contributed by atoms with Gasteiger partial charge in [-0.15, -0.1) is 23.1 Å². The number of thioether (sulfide) groups is 1. The van der Waals surface area contributed by atoms with E-state index in [-0.39, 0.29) is 0 Å². The fourth-order valence-corrected chi connectivity index (χ4v) is 3.99. The molecule has 0 aliphatic rings. The minimum atomic E-state index is 0.851. The number of nitrogen functional groups attached to an aromatic ring is 1. The number of aryl methyl sites for hydroxylation is 2. The van der Waals surface area contributed by atoms with Gasteiger partial charge in [0.25, 0.3) is 0 Å². The molecule has 2 nitrogen and oxygen atoms in total. The van der Waals surface area contributed by atoms with Gasteiger partial charge in [-0.25, -0.2) is 0 Å². The first-order chi connectivity index (χ1) is 9.78. The molecule has 0 aliphatic carbocycles. The van der Waals surface area contributed by atoms with Crippen molar-refractivity contribution in [3.05, 3.63) is 46.8 Å². The Morgan fingerprint density at radius 2 is 2.20 bits per heavy atom. The topological polar surface area (TPSA) is 30.9 Å². The van der Waals surface area contributed by atoms with Crippen molar-refractivity contribution in [3.8, 4) is 0 Å². The minimum absolute atomic E-state index is 0.851. The minimum Gasteiger partial charge on any atom is -0.399 e. The Morgan fingerprint density at radius 3 is 2.95 bits per heavy atom. The first kappa shape index (κ1) is 13.6. The van der Waals surface area contributed by atoms with Crippen LogP contribution in [0.25, 0.3) is 10.9 Å². The molecule has 0 radical (unpaired) electrons. The summed E-state index contributed by atoms with van der Waals surface area (Å²) < 4.78 is 2.31. The highest BCUT2D eigenvalue weighted by molar-refractivity contribution is 7.99. The van der Waals surface area contributed by atoms with E-state index in [1.807, 2.05) is 23.1 Å². The highest BCUT2D eigenvalue weighted by Crippen LogP contribution is 2.31. The molecule has 0 aliphatic heterocycles. The molecule has 3 rings (SSSR count). The van der Waals surface area contributed by atoms with Gasteiger partial charge in [0.15, 0.2) is 0 Å².